The third-order valence-electron chi connectivity index (χ3n) is 3.55. The number of carbonyl (C=O) groups is 1. The molecular weight excluding hydrogens is 186 g/mol. The van der Waals surface area contributed by atoms with Crippen molar-refractivity contribution < 1.29 is 4.79 Å². The van der Waals surface area contributed by atoms with Gasteiger partial charge in [0.15, 0.2) is 0 Å². The van der Waals surface area contributed by atoms with E-state index in [0.29, 0.717) is 18.2 Å². The molecule has 2 aliphatic rings. The number of hydrogen-bond acceptors (Lipinski definition) is 2. The molecule has 0 aromatic rings. The average molecular weight is 207 g/mol. The number of Topliss-reactive ketones (excluding diaryl/α,β-unsaturated/α-hetero) is 1. The van der Waals surface area contributed by atoms with E-state index < -0.39 is 0 Å². The molecule has 2 nitrogen and oxygen atoms in total. The Balaban J connectivity index is 1.77. The largest absolute Gasteiger partial charge is 0.298 e. The maximum atomic E-state index is 12.0. The molecule has 1 heterocycles. The lowest BCUT2D eigenvalue weighted by molar-refractivity contribution is -0.124. The maximum Gasteiger partial charge on any atom is 0.150 e. The third-order valence-corrected chi connectivity index (χ3v) is 3.55. The molecule has 0 spiro atoms. The monoisotopic (exact) mass is 207 g/mol. The van der Waals surface area contributed by atoms with Crippen LogP contribution < -0.4 is 0 Å². The van der Waals surface area contributed by atoms with Crippen LogP contribution in [0, 0.1) is 5.92 Å². The van der Waals surface area contributed by atoms with Crippen molar-refractivity contribution in [2.24, 2.45) is 5.92 Å². The Hall–Kier alpha value is -0.630. The predicted molar refractivity (Wildman–Crippen MR) is 61.8 cm³/mol. The summed E-state index contributed by atoms with van der Waals surface area (Å²) in [5.41, 5.74) is 0. The fraction of sp³-hybridized carbons (Fsp3) is 0.769. The first-order valence-electron chi connectivity index (χ1n) is 6.26. The Bertz CT molecular complexity index is 241. The highest BCUT2D eigenvalue weighted by molar-refractivity contribution is 5.83. The van der Waals surface area contributed by atoms with Crippen molar-refractivity contribution in [1.82, 2.24) is 4.90 Å². The maximum absolute atomic E-state index is 12.0. The first kappa shape index (κ1) is 10.9. The van der Waals surface area contributed by atoms with Gasteiger partial charge in [-0.2, -0.15) is 0 Å². The summed E-state index contributed by atoms with van der Waals surface area (Å²) >= 11 is 0. The highest BCUT2D eigenvalue weighted by Crippen LogP contribution is 2.20. The molecule has 1 saturated heterocycles. The van der Waals surface area contributed by atoms with E-state index in [2.05, 4.69) is 17.1 Å². The number of ketones is 1. The van der Waals surface area contributed by atoms with Gasteiger partial charge in [0, 0.05) is 5.92 Å². The zero-order valence-corrected chi connectivity index (χ0v) is 9.45. The Morgan fingerprint density at radius 3 is 2.67 bits per heavy atom. The lowest BCUT2D eigenvalue weighted by atomic mass is 9.90. The van der Waals surface area contributed by atoms with Gasteiger partial charge < -0.3 is 0 Å². The van der Waals surface area contributed by atoms with E-state index >= 15 is 0 Å². The van der Waals surface area contributed by atoms with Crippen LogP contribution in [0.5, 0.6) is 0 Å². The summed E-state index contributed by atoms with van der Waals surface area (Å²) in [6.07, 6.45) is 11.4. The Morgan fingerprint density at radius 1 is 1.20 bits per heavy atom. The molecule has 1 aliphatic heterocycles. The predicted octanol–water partition coefficient (Wildman–Crippen LogP) is 2.40. The van der Waals surface area contributed by atoms with Gasteiger partial charge in [0.2, 0.25) is 0 Å². The molecule has 1 atom stereocenters. The van der Waals surface area contributed by atoms with Crippen LogP contribution in [0.4, 0.5) is 0 Å². The standard InChI is InChI=1S/C13H21NO/c15-13(12-7-3-1-4-8-12)11-14-9-5-2-6-10-14/h1,3,12H,2,4-11H2. The molecule has 1 fully saturated rings. The minimum Gasteiger partial charge on any atom is -0.298 e. The second-order valence-corrected chi connectivity index (χ2v) is 4.78. The Morgan fingerprint density at radius 2 is 2.00 bits per heavy atom. The van der Waals surface area contributed by atoms with Gasteiger partial charge in [-0.1, -0.05) is 18.6 Å². The first-order chi connectivity index (χ1) is 7.36. The summed E-state index contributed by atoms with van der Waals surface area (Å²) in [5.74, 6) is 0.790. The number of allylic oxidation sites excluding steroid dienone is 2. The molecule has 0 saturated carbocycles. The zero-order valence-electron chi connectivity index (χ0n) is 9.45. The van der Waals surface area contributed by atoms with Crippen molar-refractivity contribution in [3.05, 3.63) is 12.2 Å². The SMILES string of the molecule is O=C(CN1CCCCC1)C1CC=CCC1. The van der Waals surface area contributed by atoms with Crippen molar-refractivity contribution in [2.45, 2.75) is 38.5 Å². The van der Waals surface area contributed by atoms with E-state index in [-0.39, 0.29) is 0 Å². The van der Waals surface area contributed by atoms with Gasteiger partial charge >= 0.3 is 0 Å². The summed E-state index contributed by atoms with van der Waals surface area (Å²) < 4.78 is 0. The van der Waals surface area contributed by atoms with Crippen LogP contribution in [-0.2, 0) is 4.79 Å². The molecule has 2 heteroatoms. The van der Waals surface area contributed by atoms with Gasteiger partial charge in [0.05, 0.1) is 6.54 Å². The number of hydrogen-bond donors (Lipinski definition) is 0. The molecule has 2 rings (SSSR count). The van der Waals surface area contributed by atoms with Crippen molar-refractivity contribution in [3.63, 3.8) is 0 Å². The van der Waals surface area contributed by atoms with Crippen LogP contribution in [0.15, 0.2) is 12.2 Å². The molecule has 0 N–H and O–H groups in total. The van der Waals surface area contributed by atoms with E-state index in [4.69, 9.17) is 0 Å². The third kappa shape index (κ3) is 3.16. The van der Waals surface area contributed by atoms with Crippen molar-refractivity contribution in [3.8, 4) is 0 Å². The fourth-order valence-corrected chi connectivity index (χ4v) is 2.55. The normalized spacial score (nSPS) is 27.9. The van der Waals surface area contributed by atoms with Crippen LogP contribution in [0.25, 0.3) is 0 Å². The van der Waals surface area contributed by atoms with Gasteiger partial charge in [0.25, 0.3) is 0 Å². The minimum absolute atomic E-state index is 0.317. The average Bonchev–Trinajstić information content (AvgIpc) is 2.31. The van der Waals surface area contributed by atoms with Gasteiger partial charge in [0.1, 0.15) is 5.78 Å². The van der Waals surface area contributed by atoms with Gasteiger partial charge in [-0.05, 0) is 45.2 Å². The van der Waals surface area contributed by atoms with E-state index in [1.54, 1.807) is 0 Å². The van der Waals surface area contributed by atoms with Crippen LogP contribution in [0.2, 0.25) is 0 Å². The lowest BCUT2D eigenvalue weighted by Gasteiger charge is -2.27. The second kappa shape index (κ2) is 5.45. The molecule has 1 unspecified atom stereocenters. The number of carbonyl (C=O) groups excluding carboxylic acids is 1. The zero-order chi connectivity index (χ0) is 10.5. The van der Waals surface area contributed by atoms with E-state index in [1.165, 1.54) is 19.3 Å². The number of piperidine rings is 1. The van der Waals surface area contributed by atoms with E-state index in [1.807, 2.05) is 0 Å². The van der Waals surface area contributed by atoms with Crippen LogP contribution in [-0.4, -0.2) is 30.3 Å². The summed E-state index contributed by atoms with van der Waals surface area (Å²) in [5, 5.41) is 0. The molecule has 0 aromatic carbocycles. The Labute approximate surface area is 92.3 Å². The molecule has 1 aliphatic carbocycles. The number of nitrogens with zero attached hydrogens (tertiary/aromatic N) is 1. The molecule has 0 amide bonds. The Kier molecular flexibility index (Phi) is 3.95. The van der Waals surface area contributed by atoms with Gasteiger partial charge in [-0.3, -0.25) is 9.69 Å². The fourth-order valence-electron chi connectivity index (χ4n) is 2.55. The highest BCUT2D eigenvalue weighted by atomic mass is 16.1. The summed E-state index contributed by atoms with van der Waals surface area (Å²) in [4.78, 5) is 14.3. The highest BCUT2D eigenvalue weighted by Gasteiger charge is 2.21. The van der Waals surface area contributed by atoms with E-state index in [9.17, 15) is 4.79 Å². The molecule has 0 aromatic heterocycles. The molecular formula is C13H21NO. The summed E-state index contributed by atoms with van der Waals surface area (Å²) in [6, 6.07) is 0. The summed E-state index contributed by atoms with van der Waals surface area (Å²) in [7, 11) is 0. The number of rotatable bonds is 3. The van der Waals surface area contributed by atoms with Crippen LogP contribution in [0.3, 0.4) is 0 Å². The quantitative estimate of drug-likeness (QED) is 0.662. The van der Waals surface area contributed by atoms with Crippen LogP contribution >= 0.6 is 0 Å². The van der Waals surface area contributed by atoms with Crippen molar-refractivity contribution in [1.29, 1.82) is 0 Å². The second-order valence-electron chi connectivity index (χ2n) is 4.78. The lowest BCUT2D eigenvalue weighted by Crippen LogP contribution is -2.37. The van der Waals surface area contributed by atoms with Crippen molar-refractivity contribution >= 4 is 5.78 Å². The molecule has 0 radical (unpaired) electrons. The van der Waals surface area contributed by atoms with Gasteiger partial charge in [-0.15, -0.1) is 0 Å². The van der Waals surface area contributed by atoms with Crippen molar-refractivity contribution in [2.75, 3.05) is 19.6 Å². The smallest absolute Gasteiger partial charge is 0.150 e. The van der Waals surface area contributed by atoms with Gasteiger partial charge in [-0.25, -0.2) is 0 Å². The van der Waals surface area contributed by atoms with E-state index in [0.717, 1.165) is 32.4 Å². The topological polar surface area (TPSA) is 20.3 Å². The number of likely N-dealkylation sites (tertiary alicyclic amines) is 1. The molecule has 84 valence electrons. The first-order valence-corrected chi connectivity index (χ1v) is 6.26. The minimum atomic E-state index is 0.317. The molecule has 15 heavy (non-hydrogen) atoms. The van der Waals surface area contributed by atoms with Crippen LogP contribution in [0.1, 0.15) is 38.5 Å². The summed E-state index contributed by atoms with van der Waals surface area (Å²) in [6.45, 7) is 2.97. The molecule has 0 bridgehead atoms.